The summed E-state index contributed by atoms with van der Waals surface area (Å²) >= 11 is 0. The second kappa shape index (κ2) is 10.7. The minimum atomic E-state index is 0.311. The first kappa shape index (κ1) is 20.9. The Hall–Kier alpha value is -1.79. The molecule has 6 nitrogen and oxygen atoms in total. The van der Waals surface area contributed by atoms with E-state index in [1.165, 1.54) is 24.8 Å². The van der Waals surface area contributed by atoms with Crippen molar-refractivity contribution >= 4 is 5.91 Å². The van der Waals surface area contributed by atoms with Gasteiger partial charge in [0.25, 0.3) is 0 Å². The van der Waals surface area contributed by atoms with Crippen LogP contribution in [-0.4, -0.2) is 75.2 Å². The molecule has 2 saturated heterocycles. The highest BCUT2D eigenvalue weighted by Crippen LogP contribution is 2.29. The van der Waals surface area contributed by atoms with Crippen molar-refractivity contribution in [3.05, 3.63) is 23.8 Å². The Morgan fingerprint density at radius 1 is 1.11 bits per heavy atom. The van der Waals surface area contributed by atoms with E-state index in [-0.39, 0.29) is 0 Å². The zero-order valence-corrected chi connectivity index (χ0v) is 17.4. The molecule has 0 bridgehead atoms. The van der Waals surface area contributed by atoms with Gasteiger partial charge in [0.15, 0.2) is 11.5 Å². The molecule has 1 aromatic rings. The van der Waals surface area contributed by atoms with Crippen LogP contribution in [0.3, 0.4) is 0 Å². The first-order valence-electron chi connectivity index (χ1n) is 10.6. The third kappa shape index (κ3) is 5.61. The molecule has 28 heavy (non-hydrogen) atoms. The van der Waals surface area contributed by atoms with Gasteiger partial charge in [0.1, 0.15) is 0 Å². The second-order valence-electron chi connectivity index (χ2n) is 7.79. The molecule has 3 rings (SSSR count). The molecule has 0 saturated carbocycles. The molecule has 6 heteroatoms. The van der Waals surface area contributed by atoms with Crippen LogP contribution < -0.4 is 14.8 Å². The number of nitrogens with zero attached hydrogens (tertiary/aromatic N) is 2. The summed E-state index contributed by atoms with van der Waals surface area (Å²) in [4.78, 5) is 17.1. The number of benzene rings is 1. The molecule has 1 N–H and O–H groups in total. The Kier molecular flexibility index (Phi) is 7.98. The standard InChI is InChI=1S/C22H35N3O3/c1-27-20-9-7-18(17-21(20)28-2)6-8-19-5-3-4-13-24(19)14-10-22(26)25-15-11-23-12-16-25/h7,9,17,19,23H,3-6,8,10-16H2,1-2H3. The lowest BCUT2D eigenvalue weighted by Crippen LogP contribution is -2.48. The van der Waals surface area contributed by atoms with E-state index < -0.39 is 0 Å². The highest BCUT2D eigenvalue weighted by atomic mass is 16.5. The molecule has 0 aliphatic carbocycles. The van der Waals surface area contributed by atoms with Crippen LogP contribution in [-0.2, 0) is 11.2 Å². The summed E-state index contributed by atoms with van der Waals surface area (Å²) in [5, 5.41) is 3.31. The van der Waals surface area contributed by atoms with Gasteiger partial charge < -0.3 is 19.7 Å². The maximum atomic E-state index is 12.5. The minimum absolute atomic E-state index is 0.311. The lowest BCUT2D eigenvalue weighted by atomic mass is 9.95. The van der Waals surface area contributed by atoms with Crippen LogP contribution in [0.25, 0.3) is 0 Å². The number of hydrogen-bond donors (Lipinski definition) is 1. The second-order valence-corrected chi connectivity index (χ2v) is 7.79. The third-order valence-corrected chi connectivity index (χ3v) is 6.05. The number of piperidine rings is 1. The van der Waals surface area contributed by atoms with Gasteiger partial charge in [-0.25, -0.2) is 0 Å². The van der Waals surface area contributed by atoms with Gasteiger partial charge in [-0.2, -0.15) is 0 Å². The number of ether oxygens (including phenoxy) is 2. The number of carbonyl (C=O) groups is 1. The summed E-state index contributed by atoms with van der Waals surface area (Å²) in [6.45, 7) is 5.54. The SMILES string of the molecule is COc1ccc(CCC2CCCCN2CCC(=O)N2CCNCC2)cc1OC. The molecule has 0 aromatic heterocycles. The Morgan fingerprint density at radius 2 is 1.89 bits per heavy atom. The number of nitrogens with one attached hydrogen (secondary N) is 1. The van der Waals surface area contributed by atoms with Crippen LogP contribution in [0.5, 0.6) is 11.5 Å². The quantitative estimate of drug-likeness (QED) is 0.739. The maximum absolute atomic E-state index is 12.5. The van der Waals surface area contributed by atoms with Gasteiger partial charge in [-0.15, -0.1) is 0 Å². The Balaban J connectivity index is 1.51. The average Bonchev–Trinajstić information content (AvgIpc) is 2.76. The fourth-order valence-electron chi connectivity index (χ4n) is 4.36. The van der Waals surface area contributed by atoms with Crippen molar-refractivity contribution in [2.45, 2.75) is 44.6 Å². The van der Waals surface area contributed by atoms with Crippen molar-refractivity contribution < 1.29 is 14.3 Å². The minimum Gasteiger partial charge on any atom is -0.493 e. The number of hydrogen-bond acceptors (Lipinski definition) is 5. The van der Waals surface area contributed by atoms with E-state index >= 15 is 0 Å². The zero-order chi connectivity index (χ0) is 19.8. The highest BCUT2D eigenvalue weighted by Gasteiger charge is 2.24. The summed E-state index contributed by atoms with van der Waals surface area (Å²) in [6, 6.07) is 6.76. The predicted molar refractivity (Wildman–Crippen MR) is 111 cm³/mol. The molecule has 2 aliphatic heterocycles. The van der Waals surface area contributed by atoms with Crippen LogP contribution in [0.2, 0.25) is 0 Å². The van der Waals surface area contributed by atoms with Gasteiger partial charge >= 0.3 is 0 Å². The van der Waals surface area contributed by atoms with Gasteiger partial charge in [-0.05, 0) is 49.9 Å². The summed E-state index contributed by atoms with van der Waals surface area (Å²) in [5.74, 6) is 1.88. The monoisotopic (exact) mass is 389 g/mol. The molecule has 2 fully saturated rings. The molecule has 1 atom stereocenters. The van der Waals surface area contributed by atoms with Crippen LogP contribution in [0.1, 0.15) is 37.7 Å². The fraction of sp³-hybridized carbons (Fsp3) is 0.682. The number of rotatable bonds is 8. The summed E-state index contributed by atoms with van der Waals surface area (Å²) < 4.78 is 10.8. The number of piperazine rings is 1. The van der Waals surface area contributed by atoms with Crippen LogP contribution in [0.15, 0.2) is 18.2 Å². The highest BCUT2D eigenvalue weighted by molar-refractivity contribution is 5.76. The first-order valence-corrected chi connectivity index (χ1v) is 10.6. The van der Waals surface area contributed by atoms with E-state index in [9.17, 15) is 4.79 Å². The molecule has 0 spiro atoms. The fourth-order valence-corrected chi connectivity index (χ4v) is 4.36. The lowest BCUT2D eigenvalue weighted by Gasteiger charge is -2.36. The van der Waals surface area contributed by atoms with Gasteiger partial charge in [0.2, 0.25) is 5.91 Å². The topological polar surface area (TPSA) is 54.0 Å². The van der Waals surface area contributed by atoms with Crippen molar-refractivity contribution in [3.8, 4) is 11.5 Å². The molecule has 0 radical (unpaired) electrons. The Labute approximate surface area is 169 Å². The van der Waals surface area contributed by atoms with E-state index in [0.717, 1.165) is 63.6 Å². The molecule has 156 valence electrons. The number of carbonyl (C=O) groups excluding carboxylic acids is 1. The van der Waals surface area contributed by atoms with Gasteiger partial charge in [0.05, 0.1) is 14.2 Å². The smallest absolute Gasteiger partial charge is 0.223 e. The summed E-state index contributed by atoms with van der Waals surface area (Å²) in [6.07, 6.45) is 6.56. The Bertz CT molecular complexity index is 631. The first-order chi connectivity index (χ1) is 13.7. The number of likely N-dealkylation sites (tertiary alicyclic amines) is 1. The summed E-state index contributed by atoms with van der Waals surface area (Å²) in [7, 11) is 3.35. The van der Waals surface area contributed by atoms with Crippen LogP contribution in [0.4, 0.5) is 0 Å². The number of amides is 1. The van der Waals surface area contributed by atoms with E-state index in [4.69, 9.17) is 9.47 Å². The zero-order valence-electron chi connectivity index (χ0n) is 17.4. The van der Waals surface area contributed by atoms with E-state index in [0.29, 0.717) is 18.4 Å². The average molecular weight is 390 g/mol. The van der Waals surface area contributed by atoms with Crippen molar-refractivity contribution in [1.29, 1.82) is 0 Å². The van der Waals surface area contributed by atoms with Crippen molar-refractivity contribution in [3.63, 3.8) is 0 Å². The van der Waals surface area contributed by atoms with Crippen molar-refractivity contribution in [2.24, 2.45) is 0 Å². The molecule has 1 aromatic carbocycles. The van der Waals surface area contributed by atoms with Crippen LogP contribution in [0, 0.1) is 0 Å². The molecule has 1 unspecified atom stereocenters. The molecule has 2 aliphatic rings. The van der Waals surface area contributed by atoms with Gasteiger partial charge in [-0.1, -0.05) is 12.5 Å². The van der Waals surface area contributed by atoms with E-state index in [1.807, 2.05) is 11.0 Å². The molecular weight excluding hydrogens is 354 g/mol. The third-order valence-electron chi connectivity index (χ3n) is 6.05. The Morgan fingerprint density at radius 3 is 2.64 bits per heavy atom. The van der Waals surface area contributed by atoms with Crippen molar-refractivity contribution in [2.75, 3.05) is 53.5 Å². The normalized spacial score (nSPS) is 20.8. The van der Waals surface area contributed by atoms with E-state index in [1.54, 1.807) is 14.2 Å². The predicted octanol–water partition coefficient (Wildman–Crippen LogP) is 2.31. The van der Waals surface area contributed by atoms with Gasteiger partial charge in [0, 0.05) is 45.2 Å². The maximum Gasteiger partial charge on any atom is 0.223 e. The molecule has 1 amide bonds. The number of methoxy groups -OCH3 is 2. The molecular formula is C22H35N3O3. The lowest BCUT2D eigenvalue weighted by molar-refractivity contribution is -0.132. The number of aryl methyl sites for hydroxylation is 1. The van der Waals surface area contributed by atoms with Crippen molar-refractivity contribution in [1.82, 2.24) is 15.1 Å². The largest absolute Gasteiger partial charge is 0.493 e. The van der Waals surface area contributed by atoms with Crippen LogP contribution >= 0.6 is 0 Å². The van der Waals surface area contributed by atoms with E-state index in [2.05, 4.69) is 22.3 Å². The summed E-state index contributed by atoms with van der Waals surface area (Å²) in [5.41, 5.74) is 1.28. The van der Waals surface area contributed by atoms with Gasteiger partial charge in [-0.3, -0.25) is 9.69 Å². The molecule has 2 heterocycles.